The molecule has 4 heteroatoms. The highest BCUT2D eigenvalue weighted by atomic mass is 79.9. The zero-order valence-electron chi connectivity index (χ0n) is 8.45. The largest absolute Gasteiger partial charge is 0.366 e. The van der Waals surface area contributed by atoms with Gasteiger partial charge in [0.2, 0.25) is 0 Å². The number of benzene rings is 1. The number of nitrogens with one attached hydrogen (secondary N) is 1. The summed E-state index contributed by atoms with van der Waals surface area (Å²) >= 11 is 6.77. The SMILES string of the molecule is Brc1ccc(CNc2ccc(Br)cn2)cc1. The van der Waals surface area contributed by atoms with E-state index in [1.54, 1.807) is 6.20 Å². The zero-order valence-corrected chi connectivity index (χ0v) is 11.6. The normalized spacial score (nSPS) is 10.1. The van der Waals surface area contributed by atoms with Crippen LogP contribution in [-0.4, -0.2) is 4.98 Å². The van der Waals surface area contributed by atoms with Crippen molar-refractivity contribution in [3.8, 4) is 0 Å². The van der Waals surface area contributed by atoms with E-state index in [2.05, 4.69) is 54.3 Å². The quantitative estimate of drug-likeness (QED) is 0.904. The third kappa shape index (κ3) is 3.32. The smallest absolute Gasteiger partial charge is 0.126 e. The minimum absolute atomic E-state index is 0.780. The fraction of sp³-hybridized carbons (Fsp3) is 0.0833. The molecule has 2 aromatic rings. The number of aromatic nitrogens is 1. The zero-order chi connectivity index (χ0) is 11.4. The molecule has 0 saturated heterocycles. The first-order valence-electron chi connectivity index (χ1n) is 4.84. The molecule has 0 bridgehead atoms. The van der Waals surface area contributed by atoms with Gasteiger partial charge in [0.1, 0.15) is 5.82 Å². The number of nitrogens with zero attached hydrogens (tertiary/aromatic N) is 1. The van der Waals surface area contributed by atoms with E-state index in [1.165, 1.54) is 5.56 Å². The standard InChI is InChI=1S/C12H10Br2N2/c13-10-3-1-9(2-4-10)7-15-12-6-5-11(14)8-16-12/h1-6,8H,7H2,(H,15,16). The molecule has 0 atom stereocenters. The number of hydrogen-bond acceptors (Lipinski definition) is 2. The lowest BCUT2D eigenvalue weighted by Crippen LogP contribution is -2.00. The Balaban J connectivity index is 1.97. The summed E-state index contributed by atoms with van der Waals surface area (Å²) in [5.41, 5.74) is 1.23. The molecule has 1 N–H and O–H groups in total. The van der Waals surface area contributed by atoms with Gasteiger partial charge in [-0.1, -0.05) is 28.1 Å². The van der Waals surface area contributed by atoms with Crippen LogP contribution in [0, 0.1) is 0 Å². The monoisotopic (exact) mass is 340 g/mol. The summed E-state index contributed by atoms with van der Waals surface area (Å²) in [5.74, 6) is 0.881. The number of halogens is 2. The van der Waals surface area contributed by atoms with Crippen LogP contribution in [0.4, 0.5) is 5.82 Å². The van der Waals surface area contributed by atoms with Crippen LogP contribution in [0.25, 0.3) is 0 Å². The molecule has 0 radical (unpaired) electrons. The van der Waals surface area contributed by atoms with E-state index in [4.69, 9.17) is 0 Å². The van der Waals surface area contributed by atoms with Gasteiger partial charge in [-0.3, -0.25) is 0 Å². The van der Waals surface area contributed by atoms with Crippen molar-refractivity contribution >= 4 is 37.7 Å². The molecule has 1 aromatic carbocycles. The third-order valence-electron chi connectivity index (χ3n) is 2.11. The lowest BCUT2D eigenvalue weighted by atomic mass is 10.2. The molecule has 0 aliphatic rings. The van der Waals surface area contributed by atoms with Gasteiger partial charge in [0.15, 0.2) is 0 Å². The van der Waals surface area contributed by atoms with Crippen LogP contribution >= 0.6 is 31.9 Å². The third-order valence-corrected chi connectivity index (χ3v) is 3.11. The fourth-order valence-corrected chi connectivity index (χ4v) is 1.77. The topological polar surface area (TPSA) is 24.9 Å². The van der Waals surface area contributed by atoms with E-state index >= 15 is 0 Å². The number of pyridine rings is 1. The van der Waals surface area contributed by atoms with E-state index in [1.807, 2.05) is 24.3 Å². The lowest BCUT2D eigenvalue weighted by Gasteiger charge is -2.05. The van der Waals surface area contributed by atoms with E-state index in [0.717, 1.165) is 21.3 Å². The van der Waals surface area contributed by atoms with Gasteiger partial charge in [-0.05, 0) is 45.8 Å². The van der Waals surface area contributed by atoms with Gasteiger partial charge in [0, 0.05) is 21.7 Å². The second-order valence-electron chi connectivity index (χ2n) is 3.34. The summed E-state index contributed by atoms with van der Waals surface area (Å²) in [6.45, 7) is 0.780. The first-order chi connectivity index (χ1) is 7.74. The molecule has 16 heavy (non-hydrogen) atoms. The summed E-state index contributed by atoms with van der Waals surface area (Å²) in [4.78, 5) is 4.24. The van der Waals surface area contributed by atoms with Crippen LogP contribution in [0.5, 0.6) is 0 Å². The Labute approximate surface area is 111 Å². The number of anilines is 1. The van der Waals surface area contributed by atoms with Crippen molar-refractivity contribution in [1.29, 1.82) is 0 Å². The Kier molecular flexibility index (Phi) is 3.96. The average Bonchev–Trinajstić information content (AvgIpc) is 2.30. The predicted octanol–water partition coefficient (Wildman–Crippen LogP) is 4.22. The van der Waals surface area contributed by atoms with Crippen LogP contribution in [0.3, 0.4) is 0 Å². The highest BCUT2D eigenvalue weighted by Crippen LogP contribution is 2.13. The Morgan fingerprint density at radius 3 is 2.25 bits per heavy atom. The summed E-state index contributed by atoms with van der Waals surface area (Å²) in [6, 6.07) is 12.1. The molecule has 0 unspecified atom stereocenters. The van der Waals surface area contributed by atoms with Crippen LogP contribution in [0.1, 0.15) is 5.56 Å². The van der Waals surface area contributed by atoms with E-state index < -0.39 is 0 Å². The molecule has 2 nitrogen and oxygen atoms in total. The van der Waals surface area contributed by atoms with Gasteiger partial charge >= 0.3 is 0 Å². The van der Waals surface area contributed by atoms with Gasteiger partial charge < -0.3 is 5.32 Å². The maximum Gasteiger partial charge on any atom is 0.126 e. The van der Waals surface area contributed by atoms with Crippen molar-refractivity contribution in [2.24, 2.45) is 0 Å². The van der Waals surface area contributed by atoms with Crippen molar-refractivity contribution < 1.29 is 0 Å². The Hall–Kier alpha value is -0.870. The molecule has 82 valence electrons. The van der Waals surface area contributed by atoms with Gasteiger partial charge in [0.05, 0.1) is 0 Å². The van der Waals surface area contributed by atoms with Gasteiger partial charge in [0.25, 0.3) is 0 Å². The molecule has 0 spiro atoms. The van der Waals surface area contributed by atoms with Crippen molar-refractivity contribution in [2.75, 3.05) is 5.32 Å². The summed E-state index contributed by atoms with van der Waals surface area (Å²) in [5, 5.41) is 3.26. The van der Waals surface area contributed by atoms with Crippen molar-refractivity contribution in [1.82, 2.24) is 4.98 Å². The van der Waals surface area contributed by atoms with Crippen molar-refractivity contribution in [2.45, 2.75) is 6.54 Å². The van der Waals surface area contributed by atoms with E-state index in [9.17, 15) is 0 Å². The molecule has 1 heterocycles. The molecule has 0 aliphatic carbocycles. The molecular weight excluding hydrogens is 332 g/mol. The fourth-order valence-electron chi connectivity index (χ4n) is 1.28. The molecule has 0 aliphatic heterocycles. The summed E-state index contributed by atoms with van der Waals surface area (Å²) in [6.07, 6.45) is 1.78. The number of hydrogen-bond donors (Lipinski definition) is 1. The Morgan fingerprint density at radius 2 is 1.62 bits per heavy atom. The van der Waals surface area contributed by atoms with Crippen molar-refractivity contribution in [3.05, 3.63) is 57.1 Å². The minimum Gasteiger partial charge on any atom is -0.366 e. The van der Waals surface area contributed by atoms with Crippen molar-refractivity contribution in [3.63, 3.8) is 0 Å². The molecule has 2 rings (SSSR count). The van der Waals surface area contributed by atoms with Gasteiger partial charge in [-0.25, -0.2) is 4.98 Å². The highest BCUT2D eigenvalue weighted by Gasteiger charge is 1.95. The number of rotatable bonds is 3. The molecule has 1 aromatic heterocycles. The second-order valence-corrected chi connectivity index (χ2v) is 5.17. The van der Waals surface area contributed by atoms with Crippen LogP contribution < -0.4 is 5.32 Å². The first kappa shape index (κ1) is 11.6. The van der Waals surface area contributed by atoms with E-state index in [0.29, 0.717) is 0 Å². The van der Waals surface area contributed by atoms with Gasteiger partial charge in [-0.2, -0.15) is 0 Å². The summed E-state index contributed by atoms with van der Waals surface area (Å²) in [7, 11) is 0. The Bertz CT molecular complexity index is 406. The van der Waals surface area contributed by atoms with Gasteiger partial charge in [-0.15, -0.1) is 0 Å². The summed E-state index contributed by atoms with van der Waals surface area (Å²) < 4.78 is 2.08. The van der Waals surface area contributed by atoms with E-state index in [-0.39, 0.29) is 0 Å². The predicted molar refractivity (Wildman–Crippen MR) is 73.4 cm³/mol. The van der Waals surface area contributed by atoms with Crippen LogP contribution in [-0.2, 0) is 6.54 Å². The lowest BCUT2D eigenvalue weighted by molar-refractivity contribution is 1.11. The second kappa shape index (κ2) is 5.46. The maximum absolute atomic E-state index is 4.24. The molecule has 0 fully saturated rings. The molecule has 0 saturated carbocycles. The van der Waals surface area contributed by atoms with Crippen LogP contribution in [0.2, 0.25) is 0 Å². The maximum atomic E-state index is 4.24. The van der Waals surface area contributed by atoms with Crippen LogP contribution in [0.15, 0.2) is 51.5 Å². The molecular formula is C12H10Br2N2. The average molecular weight is 342 g/mol. The first-order valence-corrected chi connectivity index (χ1v) is 6.42. The molecule has 0 amide bonds. The Morgan fingerprint density at radius 1 is 0.938 bits per heavy atom. The minimum atomic E-state index is 0.780. The highest BCUT2D eigenvalue weighted by molar-refractivity contribution is 9.10.